The molecule has 0 aromatic heterocycles. The minimum atomic E-state index is -4.26. The van der Waals surface area contributed by atoms with Crippen LogP contribution in [0.25, 0.3) is 0 Å². The monoisotopic (exact) mass is 265 g/mol. The summed E-state index contributed by atoms with van der Waals surface area (Å²) in [6.45, 7) is 3.28. The Bertz CT molecular complexity index is 411. The highest BCUT2D eigenvalue weighted by molar-refractivity contribution is 5.44. The molecule has 2 nitrogen and oxygen atoms in total. The maximum Gasteiger partial charge on any atom is 0.326 e. The smallest absolute Gasteiger partial charge is 0.326 e. The Balaban J connectivity index is 3.19. The molecule has 0 spiro atoms. The number of hydrogen-bond donors (Lipinski definition) is 1. The summed E-state index contributed by atoms with van der Waals surface area (Å²) in [5.74, 6) is -3.72. The fourth-order valence-electron chi connectivity index (χ4n) is 1.84. The molecule has 1 rings (SSSR count). The molecule has 0 aliphatic rings. The molecule has 0 aliphatic carbocycles. The van der Waals surface area contributed by atoms with Crippen molar-refractivity contribution < 1.29 is 22.3 Å². The van der Waals surface area contributed by atoms with Crippen LogP contribution in [0.3, 0.4) is 0 Å². The molecule has 0 amide bonds. The van der Waals surface area contributed by atoms with Crippen LogP contribution >= 0.6 is 0 Å². The largest absolute Gasteiger partial charge is 0.496 e. The van der Waals surface area contributed by atoms with Crippen LogP contribution in [-0.4, -0.2) is 19.5 Å². The third-order valence-corrected chi connectivity index (χ3v) is 2.75. The van der Waals surface area contributed by atoms with Crippen molar-refractivity contribution in [3.63, 3.8) is 0 Å². The first-order valence-electron chi connectivity index (χ1n) is 5.28. The summed E-state index contributed by atoms with van der Waals surface area (Å²) < 4.78 is 55.9. The quantitative estimate of drug-likeness (QED) is 0.848. The summed E-state index contributed by atoms with van der Waals surface area (Å²) in [7, 11) is 1.45. The topological polar surface area (TPSA) is 35.2 Å². The van der Waals surface area contributed by atoms with Crippen molar-refractivity contribution in [2.75, 3.05) is 7.11 Å². The van der Waals surface area contributed by atoms with E-state index in [0.717, 1.165) is 0 Å². The molecule has 2 N–H and O–H groups in total. The summed E-state index contributed by atoms with van der Waals surface area (Å²) in [6, 6.07) is 0.639. The van der Waals surface area contributed by atoms with Crippen LogP contribution in [0.1, 0.15) is 22.7 Å². The predicted molar refractivity (Wildman–Crippen MR) is 60.3 cm³/mol. The average molecular weight is 265 g/mol. The minimum absolute atomic E-state index is 0.0314. The highest BCUT2D eigenvalue weighted by Gasteiger charge is 2.47. The van der Waals surface area contributed by atoms with E-state index in [1.54, 1.807) is 13.8 Å². The number of halogens is 4. The average Bonchev–Trinajstić information content (AvgIpc) is 2.27. The molecule has 0 aliphatic heterocycles. The Kier molecular flexibility index (Phi) is 4.21. The van der Waals surface area contributed by atoms with E-state index in [2.05, 4.69) is 0 Å². The van der Waals surface area contributed by atoms with Gasteiger partial charge in [-0.05, 0) is 30.5 Å². The van der Waals surface area contributed by atoms with E-state index in [1.165, 1.54) is 19.2 Å². The number of aryl methyl sites for hydroxylation is 2. The zero-order valence-corrected chi connectivity index (χ0v) is 10.3. The van der Waals surface area contributed by atoms with Crippen LogP contribution < -0.4 is 10.5 Å². The van der Waals surface area contributed by atoms with Crippen molar-refractivity contribution in [2.45, 2.75) is 32.2 Å². The highest BCUT2D eigenvalue weighted by Crippen LogP contribution is 2.37. The lowest BCUT2D eigenvalue weighted by Crippen LogP contribution is -2.39. The summed E-state index contributed by atoms with van der Waals surface area (Å²) in [4.78, 5) is 0. The minimum Gasteiger partial charge on any atom is -0.496 e. The first kappa shape index (κ1) is 14.8. The van der Waals surface area contributed by atoms with Gasteiger partial charge in [0.05, 0.1) is 7.11 Å². The van der Waals surface area contributed by atoms with Crippen molar-refractivity contribution in [3.8, 4) is 5.75 Å². The van der Waals surface area contributed by atoms with Crippen molar-refractivity contribution >= 4 is 0 Å². The van der Waals surface area contributed by atoms with Crippen molar-refractivity contribution in [2.24, 2.45) is 5.73 Å². The standard InChI is InChI=1S/C12H15F4NO/c1-6-4-8(5-7(2)9(6)18-3)10(17)12(15,16)11(13)14/h4-5,10-11H,17H2,1-3H3. The van der Waals surface area contributed by atoms with Gasteiger partial charge in [0.15, 0.2) is 0 Å². The molecular weight excluding hydrogens is 250 g/mol. The second-order valence-electron chi connectivity index (χ2n) is 4.14. The van der Waals surface area contributed by atoms with Crippen LogP contribution in [0.4, 0.5) is 17.6 Å². The SMILES string of the molecule is COc1c(C)cc(C(N)C(F)(F)C(F)F)cc1C. The van der Waals surface area contributed by atoms with E-state index in [0.29, 0.717) is 16.9 Å². The fraction of sp³-hybridized carbons (Fsp3) is 0.500. The number of ether oxygens (including phenoxy) is 1. The molecule has 1 unspecified atom stereocenters. The van der Waals surface area contributed by atoms with Gasteiger partial charge < -0.3 is 10.5 Å². The number of nitrogens with two attached hydrogens (primary N) is 1. The van der Waals surface area contributed by atoms with Crippen LogP contribution in [0, 0.1) is 13.8 Å². The predicted octanol–water partition coefficient (Wildman–Crippen LogP) is 3.21. The number of alkyl halides is 4. The molecule has 0 heterocycles. The van der Waals surface area contributed by atoms with Crippen LogP contribution in [-0.2, 0) is 0 Å². The van der Waals surface area contributed by atoms with E-state index in [1.807, 2.05) is 0 Å². The molecular formula is C12H15F4NO. The van der Waals surface area contributed by atoms with Gasteiger partial charge in [-0.3, -0.25) is 0 Å². The maximum absolute atomic E-state index is 13.2. The Hall–Kier alpha value is -1.30. The van der Waals surface area contributed by atoms with Crippen LogP contribution in [0.5, 0.6) is 5.75 Å². The van der Waals surface area contributed by atoms with Gasteiger partial charge in [-0.25, -0.2) is 8.78 Å². The van der Waals surface area contributed by atoms with Gasteiger partial charge >= 0.3 is 12.3 Å². The molecule has 1 aromatic carbocycles. The lowest BCUT2D eigenvalue weighted by molar-refractivity contribution is -0.144. The molecule has 6 heteroatoms. The van der Waals surface area contributed by atoms with E-state index in [-0.39, 0.29) is 5.56 Å². The van der Waals surface area contributed by atoms with E-state index >= 15 is 0 Å². The van der Waals surface area contributed by atoms with Gasteiger partial charge in [0.25, 0.3) is 0 Å². The molecule has 0 saturated heterocycles. The normalized spacial score (nSPS) is 13.8. The molecule has 1 aromatic rings. The third-order valence-electron chi connectivity index (χ3n) is 2.75. The van der Waals surface area contributed by atoms with Crippen molar-refractivity contribution in [1.82, 2.24) is 0 Å². The lowest BCUT2D eigenvalue weighted by atomic mass is 9.97. The highest BCUT2D eigenvalue weighted by atomic mass is 19.3. The number of rotatable bonds is 4. The van der Waals surface area contributed by atoms with Crippen molar-refractivity contribution in [3.05, 3.63) is 28.8 Å². The van der Waals surface area contributed by atoms with E-state index < -0.39 is 18.4 Å². The molecule has 18 heavy (non-hydrogen) atoms. The molecule has 0 bridgehead atoms. The Morgan fingerprint density at radius 1 is 1.17 bits per heavy atom. The molecule has 0 fully saturated rings. The van der Waals surface area contributed by atoms with Crippen LogP contribution in [0.2, 0.25) is 0 Å². The summed E-state index contributed by atoms with van der Waals surface area (Å²) >= 11 is 0. The first-order valence-corrected chi connectivity index (χ1v) is 5.28. The van der Waals surface area contributed by atoms with Gasteiger partial charge in [-0.1, -0.05) is 12.1 Å². The Morgan fingerprint density at radius 3 is 1.94 bits per heavy atom. The lowest BCUT2D eigenvalue weighted by Gasteiger charge is -2.24. The zero-order chi connectivity index (χ0) is 14.1. The third kappa shape index (κ3) is 2.58. The first-order chi connectivity index (χ1) is 8.21. The summed E-state index contributed by atoms with van der Waals surface area (Å²) in [6.07, 6.45) is -3.80. The molecule has 1 atom stereocenters. The van der Waals surface area contributed by atoms with Crippen LogP contribution in [0.15, 0.2) is 12.1 Å². The zero-order valence-electron chi connectivity index (χ0n) is 10.3. The summed E-state index contributed by atoms with van der Waals surface area (Å²) in [5, 5.41) is 0. The number of benzene rings is 1. The van der Waals surface area contributed by atoms with Gasteiger partial charge in [0.1, 0.15) is 11.8 Å². The number of methoxy groups -OCH3 is 1. The number of hydrogen-bond acceptors (Lipinski definition) is 2. The Labute approximate surface area is 103 Å². The second kappa shape index (κ2) is 5.14. The maximum atomic E-state index is 13.2. The fourth-order valence-corrected chi connectivity index (χ4v) is 1.84. The van der Waals surface area contributed by atoms with Gasteiger partial charge in [-0.2, -0.15) is 8.78 Å². The van der Waals surface area contributed by atoms with Gasteiger partial charge in [0.2, 0.25) is 0 Å². The van der Waals surface area contributed by atoms with Gasteiger partial charge in [0, 0.05) is 0 Å². The van der Waals surface area contributed by atoms with E-state index in [4.69, 9.17) is 10.5 Å². The summed E-state index contributed by atoms with van der Waals surface area (Å²) in [5.41, 5.74) is 6.35. The van der Waals surface area contributed by atoms with Crippen molar-refractivity contribution in [1.29, 1.82) is 0 Å². The molecule has 102 valence electrons. The molecule has 0 radical (unpaired) electrons. The second-order valence-corrected chi connectivity index (χ2v) is 4.14. The van der Waals surface area contributed by atoms with Gasteiger partial charge in [-0.15, -0.1) is 0 Å². The molecule has 0 saturated carbocycles. The van der Waals surface area contributed by atoms with E-state index in [9.17, 15) is 17.6 Å². The Morgan fingerprint density at radius 2 is 1.61 bits per heavy atom.